The molecule has 0 saturated heterocycles. The molecule has 130 valence electrons. The van der Waals surface area contributed by atoms with Gasteiger partial charge < -0.3 is 0 Å². The van der Waals surface area contributed by atoms with E-state index in [0.717, 1.165) is 12.8 Å². The van der Waals surface area contributed by atoms with Gasteiger partial charge in [-0.05, 0) is 25.3 Å². The van der Waals surface area contributed by atoms with Crippen molar-refractivity contribution in [1.29, 1.82) is 0 Å². The third-order valence-electron chi connectivity index (χ3n) is 4.09. The van der Waals surface area contributed by atoms with Crippen LogP contribution in [0.1, 0.15) is 43.9 Å². The van der Waals surface area contributed by atoms with Crippen molar-refractivity contribution in [2.75, 3.05) is 0 Å². The molecule has 0 saturated carbocycles. The summed E-state index contributed by atoms with van der Waals surface area (Å²) in [5.74, 6) is 0. The molecule has 0 unspecified atom stereocenters. The molecule has 0 radical (unpaired) electrons. The van der Waals surface area contributed by atoms with Crippen molar-refractivity contribution < 1.29 is 24.2 Å². The second-order valence-corrected chi connectivity index (χ2v) is 8.88. The van der Waals surface area contributed by atoms with Crippen LogP contribution >= 0.6 is 24.8 Å². The largest absolute Gasteiger partial charge is 0.147 e. The maximum Gasteiger partial charge on any atom is -0.147 e. The summed E-state index contributed by atoms with van der Waals surface area (Å²) in [4.78, 5) is 0. The molecule has 0 N–H and O–H groups in total. The van der Waals surface area contributed by atoms with Gasteiger partial charge in [-0.25, -0.2) is 0 Å². The van der Waals surface area contributed by atoms with Gasteiger partial charge in [0.15, 0.2) is 0 Å². The van der Waals surface area contributed by atoms with Crippen LogP contribution in [0.5, 0.6) is 0 Å². The van der Waals surface area contributed by atoms with E-state index in [-0.39, 0.29) is 24.8 Å². The molecular weight excluding hydrogens is 426 g/mol. The summed E-state index contributed by atoms with van der Waals surface area (Å²) >= 11 is 1.55. The van der Waals surface area contributed by atoms with Crippen LogP contribution in [0.15, 0.2) is 54.1 Å². The van der Waals surface area contributed by atoms with Crippen LogP contribution in [0.4, 0.5) is 0 Å². The van der Waals surface area contributed by atoms with Crippen LogP contribution in [0.2, 0.25) is 0 Å². The van der Waals surface area contributed by atoms with Crippen molar-refractivity contribution in [1.82, 2.24) is 0 Å². The standard InChI is InChI=1S/C19H15.C3H6.2ClH.Zr/c1-13-6-7-14(10-13)15-8-9-19-17(11-15)12-16-4-2-3-5-18(16)19;1-3-2;;;/h2-6,8-10H,7,12H2,1H3;1-2H3;2*1H;/q-1;;;;. The van der Waals surface area contributed by atoms with E-state index in [1.165, 1.54) is 42.2 Å². The molecule has 0 nitrogen and oxygen atoms in total. The molecule has 2 aliphatic rings. The van der Waals surface area contributed by atoms with Gasteiger partial charge in [-0.1, -0.05) is 53.1 Å². The Labute approximate surface area is 178 Å². The molecule has 0 atom stereocenters. The van der Waals surface area contributed by atoms with E-state index in [1.54, 1.807) is 24.2 Å². The first kappa shape index (κ1) is 22.3. The average Bonchev–Trinajstić information content (AvgIpc) is 3.09. The van der Waals surface area contributed by atoms with Gasteiger partial charge in [-0.2, -0.15) is 0 Å². The molecule has 0 bridgehead atoms. The number of halogens is 2. The fourth-order valence-electron chi connectivity index (χ4n) is 3.10. The molecule has 0 fully saturated rings. The smallest absolute Gasteiger partial charge is 0.147 e. The molecule has 25 heavy (non-hydrogen) atoms. The van der Waals surface area contributed by atoms with Gasteiger partial charge in [-0.15, -0.1) is 59.7 Å². The van der Waals surface area contributed by atoms with E-state index in [2.05, 4.69) is 75.4 Å². The van der Waals surface area contributed by atoms with Crippen molar-refractivity contribution in [2.24, 2.45) is 0 Å². The Morgan fingerprint density at radius 3 is 2.32 bits per heavy atom. The van der Waals surface area contributed by atoms with E-state index in [9.17, 15) is 0 Å². The number of hydrogen-bond acceptors (Lipinski definition) is 0. The molecule has 0 aromatic heterocycles. The molecule has 2 aliphatic carbocycles. The van der Waals surface area contributed by atoms with E-state index < -0.39 is 0 Å². The Morgan fingerprint density at radius 2 is 1.68 bits per heavy atom. The van der Waals surface area contributed by atoms with Crippen LogP contribution < -0.4 is 0 Å². The zero-order chi connectivity index (χ0) is 16.4. The Balaban J connectivity index is 0.000000476. The molecule has 3 heteroatoms. The first-order chi connectivity index (χ1) is 11.0. The molecule has 0 amide bonds. The predicted molar refractivity (Wildman–Crippen MR) is 111 cm³/mol. The zero-order valence-electron chi connectivity index (χ0n) is 14.8. The minimum atomic E-state index is 0. The first-order valence-corrected chi connectivity index (χ1v) is 9.30. The quantitative estimate of drug-likeness (QED) is 0.378. The first-order valence-electron chi connectivity index (χ1n) is 8.07. The number of fused-ring (bicyclic) bond motifs is 3. The molecule has 2 aromatic carbocycles. The monoisotopic (exact) mass is 447 g/mol. The molecule has 0 aliphatic heterocycles. The van der Waals surface area contributed by atoms with Gasteiger partial charge in [0.2, 0.25) is 0 Å². The second kappa shape index (κ2) is 9.81. The summed E-state index contributed by atoms with van der Waals surface area (Å²) in [5.41, 5.74) is 9.56. The maximum absolute atomic E-state index is 3.63. The average molecular weight is 450 g/mol. The molecule has 0 heterocycles. The summed E-state index contributed by atoms with van der Waals surface area (Å²) in [7, 11) is 0. The summed E-state index contributed by atoms with van der Waals surface area (Å²) in [5, 5.41) is 0. The molecule has 4 rings (SSSR count). The van der Waals surface area contributed by atoms with Crippen LogP contribution in [0.25, 0.3) is 16.7 Å². The van der Waals surface area contributed by atoms with E-state index in [0.29, 0.717) is 0 Å². The van der Waals surface area contributed by atoms with Crippen molar-refractivity contribution in [3.8, 4) is 11.1 Å². The van der Waals surface area contributed by atoms with E-state index in [1.807, 2.05) is 0 Å². The van der Waals surface area contributed by atoms with Crippen LogP contribution in [-0.2, 0) is 30.7 Å². The third kappa shape index (κ3) is 5.36. The summed E-state index contributed by atoms with van der Waals surface area (Å²) < 4.78 is 1.51. The summed E-state index contributed by atoms with van der Waals surface area (Å²) in [6.45, 7) is 6.41. The summed E-state index contributed by atoms with van der Waals surface area (Å²) in [6.07, 6.45) is 6.64. The normalized spacial score (nSPS) is 13.0. The van der Waals surface area contributed by atoms with Crippen LogP contribution in [-0.4, -0.2) is 3.21 Å². The molecular formula is C22H23Cl2Zr-. The Bertz CT molecular complexity index is 828. The van der Waals surface area contributed by atoms with Crippen molar-refractivity contribution >= 4 is 33.6 Å². The Kier molecular flexibility index (Phi) is 8.75. The van der Waals surface area contributed by atoms with Crippen molar-refractivity contribution in [3.63, 3.8) is 0 Å². The molecule has 0 spiro atoms. The van der Waals surface area contributed by atoms with Gasteiger partial charge in [-0.3, -0.25) is 0 Å². The zero-order valence-corrected chi connectivity index (χ0v) is 18.9. The second-order valence-electron chi connectivity index (χ2n) is 6.42. The van der Waals surface area contributed by atoms with Gasteiger partial charge >= 0.3 is 41.3 Å². The summed E-state index contributed by atoms with van der Waals surface area (Å²) in [6, 6.07) is 16.8. The van der Waals surface area contributed by atoms with E-state index in [4.69, 9.17) is 0 Å². The van der Waals surface area contributed by atoms with Crippen LogP contribution in [0, 0.1) is 6.07 Å². The SMILES string of the molecule is CC1=CCC(c2[c-]c3c(cc2)-c2ccccc2C3)=C1.C[C](C)=[Zr].Cl.Cl. The van der Waals surface area contributed by atoms with Gasteiger partial charge in [0.1, 0.15) is 0 Å². The minimum absolute atomic E-state index is 0. The van der Waals surface area contributed by atoms with Gasteiger partial charge in [0, 0.05) is 0 Å². The fraction of sp³-hybridized carbons (Fsp3) is 0.227. The Morgan fingerprint density at radius 1 is 1.00 bits per heavy atom. The van der Waals surface area contributed by atoms with Crippen molar-refractivity contribution in [2.45, 2.75) is 33.6 Å². The van der Waals surface area contributed by atoms with Gasteiger partial charge in [0.25, 0.3) is 0 Å². The number of hydrogen-bond donors (Lipinski definition) is 0. The van der Waals surface area contributed by atoms with E-state index >= 15 is 0 Å². The number of allylic oxidation sites excluding steroid dienone is 4. The number of benzene rings is 2. The minimum Gasteiger partial charge on any atom is -0.147 e. The van der Waals surface area contributed by atoms with Gasteiger partial charge in [0.05, 0.1) is 0 Å². The Hall–Kier alpha value is -0.747. The van der Waals surface area contributed by atoms with Crippen LogP contribution in [0.3, 0.4) is 0 Å². The maximum atomic E-state index is 3.63. The van der Waals surface area contributed by atoms with Crippen molar-refractivity contribution in [3.05, 3.63) is 76.9 Å². The third-order valence-corrected chi connectivity index (χ3v) is 4.09. The topological polar surface area (TPSA) is 0 Å². The fourth-order valence-corrected chi connectivity index (χ4v) is 3.10. The predicted octanol–water partition coefficient (Wildman–Crippen LogP) is 6.38. The number of rotatable bonds is 1. The molecule has 2 aromatic rings.